The zero-order chi connectivity index (χ0) is 9.97. The zero-order valence-electron chi connectivity index (χ0n) is 7.87. The second kappa shape index (κ2) is 3.93. The third-order valence-corrected chi connectivity index (χ3v) is 2.75. The Hall–Kier alpha value is -1.15. The van der Waals surface area contributed by atoms with Gasteiger partial charge >= 0.3 is 0 Å². The van der Waals surface area contributed by atoms with Crippen molar-refractivity contribution >= 4 is 15.9 Å². The van der Waals surface area contributed by atoms with Crippen molar-refractivity contribution < 1.29 is 0 Å². The van der Waals surface area contributed by atoms with E-state index in [1.54, 1.807) is 0 Å². The van der Waals surface area contributed by atoms with Crippen LogP contribution in [-0.4, -0.2) is 4.98 Å². The van der Waals surface area contributed by atoms with Gasteiger partial charge in [-0.25, -0.2) is 0 Å². The Morgan fingerprint density at radius 2 is 1.79 bits per heavy atom. The van der Waals surface area contributed by atoms with E-state index < -0.39 is 0 Å². The molecule has 1 nitrogen and oxygen atoms in total. The molecule has 0 amide bonds. The molecule has 1 aromatic heterocycles. The molecule has 0 saturated heterocycles. The summed E-state index contributed by atoms with van der Waals surface area (Å²) in [5.41, 5.74) is 3.63. The molecule has 0 aliphatic carbocycles. The first-order chi connectivity index (χ1) is 6.79. The third kappa shape index (κ3) is 1.70. The van der Waals surface area contributed by atoms with Gasteiger partial charge in [0.25, 0.3) is 0 Å². The van der Waals surface area contributed by atoms with Crippen molar-refractivity contribution in [1.29, 1.82) is 0 Å². The summed E-state index contributed by atoms with van der Waals surface area (Å²) in [6.07, 6.45) is 3.71. The third-order valence-electron chi connectivity index (χ3n) is 2.15. The monoisotopic (exact) mass is 247 g/mol. The van der Waals surface area contributed by atoms with Crippen molar-refractivity contribution in [3.8, 4) is 11.1 Å². The Labute approximate surface area is 91.9 Å². The number of nitrogens with zero attached hydrogens (tertiary/aromatic N) is 1. The fourth-order valence-corrected chi connectivity index (χ4v) is 2.16. The summed E-state index contributed by atoms with van der Waals surface area (Å²) in [5.74, 6) is 0. The van der Waals surface area contributed by atoms with Crippen LogP contribution >= 0.6 is 15.9 Å². The van der Waals surface area contributed by atoms with Crippen LogP contribution in [0.15, 0.2) is 47.2 Å². The number of aromatic nitrogens is 1. The zero-order valence-corrected chi connectivity index (χ0v) is 9.45. The Balaban J connectivity index is 2.63. The molecule has 0 aliphatic rings. The van der Waals surface area contributed by atoms with Gasteiger partial charge in [-0.15, -0.1) is 0 Å². The van der Waals surface area contributed by atoms with E-state index in [4.69, 9.17) is 0 Å². The van der Waals surface area contributed by atoms with Crippen LogP contribution in [0.2, 0.25) is 0 Å². The lowest BCUT2D eigenvalue weighted by Crippen LogP contribution is -1.86. The van der Waals surface area contributed by atoms with E-state index in [9.17, 15) is 0 Å². The SMILES string of the molecule is Cc1cncc(Br)c1-c1ccccc1. The maximum Gasteiger partial charge on any atom is 0.0439 e. The first-order valence-corrected chi connectivity index (χ1v) is 5.24. The summed E-state index contributed by atoms with van der Waals surface area (Å²) in [5, 5.41) is 0. The van der Waals surface area contributed by atoms with Crippen LogP contribution in [0.1, 0.15) is 5.56 Å². The number of halogens is 1. The number of hydrogen-bond acceptors (Lipinski definition) is 1. The second-order valence-corrected chi connectivity index (χ2v) is 4.03. The summed E-state index contributed by atoms with van der Waals surface area (Å²) >= 11 is 3.52. The summed E-state index contributed by atoms with van der Waals surface area (Å²) in [4.78, 5) is 4.12. The van der Waals surface area contributed by atoms with Crippen LogP contribution in [0.4, 0.5) is 0 Å². The Morgan fingerprint density at radius 1 is 1.07 bits per heavy atom. The number of benzene rings is 1. The van der Waals surface area contributed by atoms with E-state index in [0.29, 0.717) is 0 Å². The van der Waals surface area contributed by atoms with E-state index in [2.05, 4.69) is 40.0 Å². The summed E-state index contributed by atoms with van der Waals surface area (Å²) in [6.45, 7) is 2.07. The molecule has 2 heteroatoms. The molecular formula is C12H10BrN. The second-order valence-electron chi connectivity index (χ2n) is 3.18. The Kier molecular flexibility index (Phi) is 2.64. The average molecular weight is 248 g/mol. The molecule has 70 valence electrons. The largest absolute Gasteiger partial charge is 0.263 e. The summed E-state index contributed by atoms with van der Waals surface area (Å²) < 4.78 is 1.05. The molecule has 0 N–H and O–H groups in total. The van der Waals surface area contributed by atoms with Crippen molar-refractivity contribution in [2.24, 2.45) is 0 Å². The maximum absolute atomic E-state index is 4.12. The van der Waals surface area contributed by atoms with E-state index in [0.717, 1.165) is 4.47 Å². The molecule has 0 radical (unpaired) electrons. The topological polar surface area (TPSA) is 12.9 Å². The number of rotatable bonds is 1. The fraction of sp³-hybridized carbons (Fsp3) is 0.0833. The smallest absolute Gasteiger partial charge is 0.0439 e. The first kappa shape index (κ1) is 9.41. The highest BCUT2D eigenvalue weighted by molar-refractivity contribution is 9.10. The van der Waals surface area contributed by atoms with E-state index in [1.807, 2.05) is 30.6 Å². The van der Waals surface area contributed by atoms with Gasteiger partial charge in [0, 0.05) is 22.4 Å². The normalized spacial score (nSPS) is 10.1. The minimum atomic E-state index is 1.05. The lowest BCUT2D eigenvalue weighted by molar-refractivity contribution is 1.25. The van der Waals surface area contributed by atoms with Crippen molar-refractivity contribution in [3.63, 3.8) is 0 Å². The average Bonchev–Trinajstić information content (AvgIpc) is 2.19. The predicted molar refractivity (Wildman–Crippen MR) is 62.1 cm³/mol. The molecule has 0 saturated carbocycles. The summed E-state index contributed by atoms with van der Waals surface area (Å²) in [6, 6.07) is 10.3. The predicted octanol–water partition coefficient (Wildman–Crippen LogP) is 3.82. The molecule has 0 spiro atoms. The quantitative estimate of drug-likeness (QED) is 0.747. The van der Waals surface area contributed by atoms with Gasteiger partial charge < -0.3 is 0 Å². The van der Waals surface area contributed by atoms with Crippen LogP contribution in [0.5, 0.6) is 0 Å². The van der Waals surface area contributed by atoms with E-state index in [-0.39, 0.29) is 0 Å². The molecule has 0 aliphatic heterocycles. The number of aryl methyl sites for hydroxylation is 1. The molecule has 1 heterocycles. The highest BCUT2D eigenvalue weighted by Crippen LogP contribution is 2.29. The highest BCUT2D eigenvalue weighted by Gasteiger charge is 2.05. The maximum atomic E-state index is 4.12. The van der Waals surface area contributed by atoms with Gasteiger partial charge in [-0.3, -0.25) is 4.98 Å². The van der Waals surface area contributed by atoms with Crippen LogP contribution in [-0.2, 0) is 0 Å². The molecular weight excluding hydrogens is 238 g/mol. The van der Waals surface area contributed by atoms with Gasteiger partial charge in [0.05, 0.1) is 0 Å². The molecule has 0 bridgehead atoms. The molecule has 1 aromatic carbocycles. The Morgan fingerprint density at radius 3 is 2.43 bits per heavy atom. The van der Waals surface area contributed by atoms with Gasteiger partial charge in [0.2, 0.25) is 0 Å². The molecule has 0 unspecified atom stereocenters. The van der Waals surface area contributed by atoms with Crippen LogP contribution < -0.4 is 0 Å². The number of pyridine rings is 1. The lowest BCUT2D eigenvalue weighted by Gasteiger charge is -2.07. The molecule has 14 heavy (non-hydrogen) atoms. The van der Waals surface area contributed by atoms with Gasteiger partial charge in [0.15, 0.2) is 0 Å². The highest BCUT2D eigenvalue weighted by atomic mass is 79.9. The first-order valence-electron chi connectivity index (χ1n) is 4.44. The lowest BCUT2D eigenvalue weighted by atomic mass is 10.0. The van der Waals surface area contributed by atoms with Crippen molar-refractivity contribution in [2.45, 2.75) is 6.92 Å². The van der Waals surface area contributed by atoms with Gasteiger partial charge in [-0.1, -0.05) is 30.3 Å². The molecule has 0 fully saturated rings. The minimum Gasteiger partial charge on any atom is -0.263 e. The Bertz CT molecular complexity index is 417. The standard InChI is InChI=1S/C12H10BrN/c1-9-7-14-8-11(13)12(9)10-5-3-2-4-6-10/h2-8H,1H3. The van der Waals surface area contributed by atoms with E-state index in [1.165, 1.54) is 16.7 Å². The van der Waals surface area contributed by atoms with Crippen molar-refractivity contribution in [3.05, 3.63) is 52.8 Å². The minimum absolute atomic E-state index is 1.05. The molecule has 2 rings (SSSR count). The molecule has 2 aromatic rings. The van der Waals surface area contributed by atoms with Crippen LogP contribution in [0.3, 0.4) is 0 Å². The molecule has 0 atom stereocenters. The van der Waals surface area contributed by atoms with Crippen LogP contribution in [0.25, 0.3) is 11.1 Å². The van der Waals surface area contributed by atoms with Gasteiger partial charge in [0.1, 0.15) is 0 Å². The van der Waals surface area contributed by atoms with Crippen LogP contribution in [0, 0.1) is 6.92 Å². The fourth-order valence-electron chi connectivity index (χ4n) is 1.50. The van der Waals surface area contributed by atoms with Gasteiger partial charge in [-0.2, -0.15) is 0 Å². The number of hydrogen-bond donors (Lipinski definition) is 0. The summed E-state index contributed by atoms with van der Waals surface area (Å²) in [7, 11) is 0. The van der Waals surface area contributed by atoms with E-state index >= 15 is 0 Å². The van der Waals surface area contributed by atoms with Gasteiger partial charge in [-0.05, 0) is 34.0 Å². The van der Waals surface area contributed by atoms with Crippen molar-refractivity contribution in [2.75, 3.05) is 0 Å². The van der Waals surface area contributed by atoms with Crippen molar-refractivity contribution in [1.82, 2.24) is 4.98 Å².